The van der Waals surface area contributed by atoms with Crippen molar-refractivity contribution in [1.82, 2.24) is 10.6 Å². The normalized spacial score (nSPS) is 9.77. The van der Waals surface area contributed by atoms with Crippen molar-refractivity contribution in [2.75, 3.05) is 24.5 Å². The SMILES string of the molecule is CCN(c1ccccc1)c1ccc(CNC(=O)CNC(=O)CN)cc1.Cl. The Hall–Kier alpha value is -2.57. The Morgan fingerprint density at radius 2 is 1.54 bits per heavy atom. The van der Waals surface area contributed by atoms with Gasteiger partial charge in [0.05, 0.1) is 13.1 Å². The smallest absolute Gasteiger partial charge is 0.239 e. The molecule has 0 saturated heterocycles. The Balaban J connectivity index is 0.00000338. The summed E-state index contributed by atoms with van der Waals surface area (Å²) in [6.07, 6.45) is 0. The average Bonchev–Trinajstić information content (AvgIpc) is 2.66. The number of nitrogens with zero attached hydrogens (tertiary/aromatic N) is 1. The fraction of sp³-hybridized carbons (Fsp3) is 0.263. The van der Waals surface area contributed by atoms with E-state index in [0.717, 1.165) is 23.5 Å². The van der Waals surface area contributed by atoms with E-state index >= 15 is 0 Å². The van der Waals surface area contributed by atoms with Gasteiger partial charge < -0.3 is 21.3 Å². The van der Waals surface area contributed by atoms with E-state index in [2.05, 4.69) is 34.6 Å². The van der Waals surface area contributed by atoms with Crippen LogP contribution in [0.5, 0.6) is 0 Å². The molecule has 0 fully saturated rings. The van der Waals surface area contributed by atoms with Crippen molar-refractivity contribution in [2.24, 2.45) is 5.73 Å². The second kappa shape index (κ2) is 11.1. The lowest BCUT2D eigenvalue weighted by atomic mass is 10.1. The monoisotopic (exact) mass is 376 g/mol. The van der Waals surface area contributed by atoms with Crippen molar-refractivity contribution in [1.29, 1.82) is 0 Å². The highest BCUT2D eigenvalue weighted by Crippen LogP contribution is 2.24. The summed E-state index contributed by atoms with van der Waals surface area (Å²) in [5.74, 6) is -0.592. The van der Waals surface area contributed by atoms with E-state index in [9.17, 15) is 9.59 Å². The fourth-order valence-corrected chi connectivity index (χ4v) is 2.43. The zero-order valence-electron chi connectivity index (χ0n) is 14.8. The average molecular weight is 377 g/mol. The molecule has 7 heteroatoms. The van der Waals surface area contributed by atoms with Gasteiger partial charge in [0.25, 0.3) is 0 Å². The van der Waals surface area contributed by atoms with Gasteiger partial charge >= 0.3 is 0 Å². The number of hydrogen-bond donors (Lipinski definition) is 3. The van der Waals surface area contributed by atoms with Crippen molar-refractivity contribution in [3.63, 3.8) is 0 Å². The topological polar surface area (TPSA) is 87.5 Å². The van der Waals surface area contributed by atoms with Gasteiger partial charge in [0.15, 0.2) is 0 Å². The van der Waals surface area contributed by atoms with Crippen LogP contribution in [0.25, 0.3) is 0 Å². The van der Waals surface area contributed by atoms with E-state index in [4.69, 9.17) is 5.73 Å². The summed E-state index contributed by atoms with van der Waals surface area (Å²) in [5.41, 5.74) is 8.40. The second-order valence-corrected chi connectivity index (χ2v) is 5.50. The van der Waals surface area contributed by atoms with Crippen molar-refractivity contribution < 1.29 is 9.59 Å². The Kier molecular flexibility index (Phi) is 9.19. The number of para-hydroxylation sites is 1. The molecular weight excluding hydrogens is 352 g/mol. The third-order valence-electron chi connectivity index (χ3n) is 3.75. The Bertz CT molecular complexity index is 692. The van der Waals surface area contributed by atoms with Crippen molar-refractivity contribution in [3.8, 4) is 0 Å². The lowest BCUT2D eigenvalue weighted by Crippen LogP contribution is -2.39. The van der Waals surface area contributed by atoms with Crippen LogP contribution < -0.4 is 21.3 Å². The van der Waals surface area contributed by atoms with Crippen molar-refractivity contribution in [2.45, 2.75) is 13.5 Å². The maximum atomic E-state index is 11.7. The van der Waals surface area contributed by atoms with E-state index in [-0.39, 0.29) is 37.3 Å². The first-order valence-corrected chi connectivity index (χ1v) is 8.29. The summed E-state index contributed by atoms with van der Waals surface area (Å²) >= 11 is 0. The predicted octanol–water partition coefficient (Wildman–Crippen LogP) is 1.96. The number of rotatable bonds is 8. The fourth-order valence-electron chi connectivity index (χ4n) is 2.43. The first-order valence-electron chi connectivity index (χ1n) is 8.29. The Labute approximate surface area is 160 Å². The summed E-state index contributed by atoms with van der Waals surface area (Å²) in [7, 11) is 0. The number of benzene rings is 2. The number of amides is 2. The van der Waals surface area contributed by atoms with Crippen LogP contribution >= 0.6 is 12.4 Å². The van der Waals surface area contributed by atoms with Crippen LogP contribution in [0.2, 0.25) is 0 Å². The number of carbonyl (C=O) groups excluding carboxylic acids is 2. The number of anilines is 2. The number of nitrogens with two attached hydrogens (primary N) is 1. The molecule has 0 aliphatic rings. The van der Waals surface area contributed by atoms with Gasteiger partial charge in [0.2, 0.25) is 11.8 Å². The predicted molar refractivity (Wildman–Crippen MR) is 107 cm³/mol. The molecule has 0 radical (unpaired) electrons. The van der Waals surface area contributed by atoms with E-state index < -0.39 is 0 Å². The first kappa shape index (κ1) is 21.5. The second-order valence-electron chi connectivity index (χ2n) is 5.50. The summed E-state index contributed by atoms with van der Waals surface area (Å²) < 4.78 is 0. The lowest BCUT2D eigenvalue weighted by Gasteiger charge is -2.23. The van der Waals surface area contributed by atoms with Gasteiger partial charge in [-0.3, -0.25) is 9.59 Å². The summed E-state index contributed by atoms with van der Waals surface area (Å²) in [4.78, 5) is 24.9. The molecular formula is C19H25ClN4O2. The zero-order valence-corrected chi connectivity index (χ0v) is 15.6. The highest BCUT2D eigenvalue weighted by atomic mass is 35.5. The molecule has 140 valence electrons. The number of nitrogens with one attached hydrogen (secondary N) is 2. The minimum atomic E-state index is -0.347. The van der Waals surface area contributed by atoms with Crippen LogP contribution in [-0.4, -0.2) is 31.4 Å². The van der Waals surface area contributed by atoms with Gasteiger partial charge in [-0.1, -0.05) is 30.3 Å². The van der Waals surface area contributed by atoms with Crippen LogP contribution in [0.4, 0.5) is 11.4 Å². The highest BCUT2D eigenvalue weighted by Gasteiger charge is 2.07. The maximum absolute atomic E-state index is 11.7. The molecule has 0 aromatic heterocycles. The molecule has 6 nitrogen and oxygen atoms in total. The van der Waals surface area contributed by atoms with Gasteiger partial charge in [-0.2, -0.15) is 0 Å². The molecule has 26 heavy (non-hydrogen) atoms. The molecule has 0 aliphatic carbocycles. The van der Waals surface area contributed by atoms with Gasteiger partial charge in [0, 0.05) is 24.5 Å². The molecule has 0 heterocycles. The van der Waals surface area contributed by atoms with Gasteiger partial charge in [-0.05, 0) is 36.8 Å². The maximum Gasteiger partial charge on any atom is 0.239 e. The quantitative estimate of drug-likeness (QED) is 0.657. The van der Waals surface area contributed by atoms with Crippen molar-refractivity contribution in [3.05, 3.63) is 60.2 Å². The van der Waals surface area contributed by atoms with Gasteiger partial charge in [0.1, 0.15) is 0 Å². The van der Waals surface area contributed by atoms with Crippen LogP contribution in [0.1, 0.15) is 12.5 Å². The molecule has 0 bridgehead atoms. The standard InChI is InChI=1S/C19H24N4O2.ClH/c1-2-23(16-6-4-3-5-7-16)17-10-8-15(9-11-17)13-21-19(25)14-22-18(24)12-20;/h3-11H,2,12-14,20H2,1H3,(H,21,25)(H,22,24);1H. The van der Waals surface area contributed by atoms with E-state index in [1.54, 1.807) is 0 Å². The third-order valence-corrected chi connectivity index (χ3v) is 3.75. The third kappa shape index (κ3) is 6.38. The van der Waals surface area contributed by atoms with Crippen LogP contribution in [0.15, 0.2) is 54.6 Å². The first-order chi connectivity index (χ1) is 12.1. The molecule has 0 atom stereocenters. The molecule has 0 aliphatic heterocycles. The van der Waals surface area contributed by atoms with E-state index in [0.29, 0.717) is 6.54 Å². The summed E-state index contributed by atoms with van der Waals surface area (Å²) in [6.45, 7) is 3.20. The van der Waals surface area contributed by atoms with E-state index in [1.165, 1.54) is 0 Å². The summed E-state index contributed by atoms with van der Waals surface area (Å²) in [5, 5.41) is 5.20. The zero-order chi connectivity index (χ0) is 18.1. The van der Waals surface area contributed by atoms with Gasteiger partial charge in [-0.15, -0.1) is 12.4 Å². The van der Waals surface area contributed by atoms with Crippen molar-refractivity contribution >= 4 is 35.6 Å². The van der Waals surface area contributed by atoms with Crippen LogP contribution in [0, 0.1) is 0 Å². The Morgan fingerprint density at radius 3 is 2.12 bits per heavy atom. The highest BCUT2D eigenvalue weighted by molar-refractivity contribution is 5.85. The van der Waals surface area contributed by atoms with Crippen LogP contribution in [-0.2, 0) is 16.1 Å². The van der Waals surface area contributed by atoms with E-state index in [1.807, 2.05) is 42.5 Å². The molecule has 2 amide bonds. The van der Waals surface area contributed by atoms with Crippen LogP contribution in [0.3, 0.4) is 0 Å². The molecule has 0 saturated carbocycles. The molecule has 0 unspecified atom stereocenters. The number of hydrogen-bond acceptors (Lipinski definition) is 4. The summed E-state index contributed by atoms with van der Waals surface area (Å²) in [6, 6.07) is 18.2. The molecule has 4 N–H and O–H groups in total. The largest absolute Gasteiger partial charge is 0.350 e. The van der Waals surface area contributed by atoms with Gasteiger partial charge in [-0.25, -0.2) is 0 Å². The number of halogens is 1. The number of carbonyl (C=O) groups is 2. The Morgan fingerprint density at radius 1 is 0.923 bits per heavy atom. The molecule has 2 aromatic carbocycles. The minimum Gasteiger partial charge on any atom is -0.350 e. The molecule has 2 aromatic rings. The lowest BCUT2D eigenvalue weighted by molar-refractivity contribution is -0.125. The minimum absolute atomic E-state index is 0. The molecule has 2 rings (SSSR count). The molecule has 0 spiro atoms.